The van der Waals surface area contributed by atoms with Crippen molar-refractivity contribution in [3.8, 4) is 0 Å². The predicted octanol–water partition coefficient (Wildman–Crippen LogP) is 1.33. The third kappa shape index (κ3) is 2.06. The lowest BCUT2D eigenvalue weighted by Crippen LogP contribution is -2.28. The largest absolute Gasteiger partial charge is 0.387 e. The zero-order valence-corrected chi connectivity index (χ0v) is 6.99. The molecule has 2 heteroatoms. The van der Waals surface area contributed by atoms with Gasteiger partial charge in [0.25, 0.3) is 0 Å². The van der Waals surface area contributed by atoms with Crippen LogP contribution in [0.5, 0.6) is 0 Å². The van der Waals surface area contributed by atoms with E-state index in [1.54, 1.807) is 31.2 Å². The summed E-state index contributed by atoms with van der Waals surface area (Å²) in [5, 5.41) is 12.2. The number of nitrogens with one attached hydrogen (secondary N) is 1. The van der Waals surface area contributed by atoms with Crippen molar-refractivity contribution in [2.24, 2.45) is 0 Å². The molecule has 2 atom stereocenters. The van der Waals surface area contributed by atoms with E-state index in [1.165, 1.54) is 0 Å². The number of aliphatic hydroxyl groups is 1. The van der Waals surface area contributed by atoms with Crippen LogP contribution in [-0.4, -0.2) is 18.1 Å². The average Bonchev–Trinajstić information content (AvgIpc) is 2.15. The zero-order valence-electron chi connectivity index (χ0n) is 9.99. The Bertz CT molecular complexity index is 299. The number of hydrogen-bond acceptors (Lipinski definition) is 2. The van der Waals surface area contributed by atoms with Crippen LogP contribution in [0.25, 0.3) is 0 Å². The fraction of sp³-hybridized carbons (Fsp3) is 0.400. The summed E-state index contributed by atoms with van der Waals surface area (Å²) in [7, 11) is 0. The molecule has 0 radical (unpaired) electrons. The molecule has 66 valence electrons. The van der Waals surface area contributed by atoms with Crippen molar-refractivity contribution < 1.29 is 9.22 Å². The number of likely N-dealkylation sites (N-methyl/N-ethyl adjacent to an activating group) is 1. The van der Waals surface area contributed by atoms with Gasteiger partial charge in [0.2, 0.25) is 0 Å². The minimum absolute atomic E-state index is 0.514. The number of hydrogen-bond donors (Lipinski definition) is 2. The van der Waals surface area contributed by atoms with E-state index < -0.39 is 19.1 Å². The molecule has 0 amide bonds. The molecule has 0 aromatic heterocycles. The predicted molar refractivity (Wildman–Crippen MR) is 49.9 cm³/mol. The van der Waals surface area contributed by atoms with Crippen LogP contribution < -0.4 is 5.32 Å². The molecule has 0 aliphatic carbocycles. The lowest BCUT2D eigenvalue weighted by atomic mass is 10.0. The third-order valence-corrected chi connectivity index (χ3v) is 1.84. The Morgan fingerprint density at radius 3 is 2.67 bits per heavy atom. The van der Waals surface area contributed by atoms with Gasteiger partial charge >= 0.3 is 0 Å². The van der Waals surface area contributed by atoms with E-state index in [-0.39, 0.29) is 0 Å². The molecular weight excluding hydrogens is 151 g/mol. The van der Waals surface area contributed by atoms with Crippen LogP contribution >= 0.6 is 0 Å². The van der Waals surface area contributed by atoms with Crippen LogP contribution in [-0.2, 0) is 0 Å². The van der Waals surface area contributed by atoms with Crippen LogP contribution in [0, 0.1) is 0 Å². The van der Waals surface area contributed by atoms with Crippen molar-refractivity contribution >= 4 is 0 Å². The molecule has 0 heterocycles. The Morgan fingerprint density at radius 2 is 2.08 bits per heavy atom. The van der Waals surface area contributed by atoms with E-state index in [9.17, 15) is 5.11 Å². The van der Waals surface area contributed by atoms with Gasteiger partial charge in [-0.05, 0) is 19.5 Å². The number of aliphatic hydroxyl groups excluding tert-OH is 1. The molecule has 0 spiro atoms. The number of rotatable bonds is 3. The smallest absolute Gasteiger partial charge is 0.0940 e. The van der Waals surface area contributed by atoms with Gasteiger partial charge in [0.05, 0.1) is 6.10 Å². The van der Waals surface area contributed by atoms with E-state index in [0.717, 1.165) is 0 Å². The molecular formula is C10H15NO. The van der Waals surface area contributed by atoms with Gasteiger partial charge < -0.3 is 10.4 Å². The maximum atomic E-state index is 9.84. The fourth-order valence-corrected chi connectivity index (χ4v) is 1.02. The molecule has 1 aromatic carbocycles. The van der Waals surface area contributed by atoms with Gasteiger partial charge in [0, 0.05) is 10.2 Å². The van der Waals surface area contributed by atoms with Gasteiger partial charge in [0.1, 0.15) is 0 Å². The average molecular weight is 169 g/mol. The normalized spacial score (nSPS) is 20.3. The highest BCUT2D eigenvalue weighted by Crippen LogP contribution is 2.15. The second-order valence-electron chi connectivity index (χ2n) is 2.79. The molecule has 2 nitrogen and oxygen atoms in total. The SMILES string of the molecule is [2H][13C]([2H])([2H])N[C@@H](C)[C@@H](O)c1ccccc1. The summed E-state index contributed by atoms with van der Waals surface area (Å²) in [6.45, 7) is -0.584. The van der Waals surface area contributed by atoms with Gasteiger partial charge in [0.15, 0.2) is 0 Å². The fourth-order valence-electron chi connectivity index (χ4n) is 1.02. The second-order valence-corrected chi connectivity index (χ2v) is 2.79. The third-order valence-electron chi connectivity index (χ3n) is 1.84. The van der Waals surface area contributed by atoms with Gasteiger partial charge in [-0.2, -0.15) is 0 Å². The monoisotopic (exact) mass is 169 g/mol. The first-order valence-corrected chi connectivity index (χ1v) is 3.91. The van der Waals surface area contributed by atoms with Crippen LogP contribution in [0.4, 0.5) is 0 Å². The molecule has 0 aliphatic rings. The summed E-state index contributed by atoms with van der Waals surface area (Å²) in [5.41, 5.74) is 0.710. The van der Waals surface area contributed by atoms with Gasteiger partial charge in [-0.25, -0.2) is 0 Å². The van der Waals surface area contributed by atoms with Gasteiger partial charge in [-0.15, -0.1) is 0 Å². The highest BCUT2D eigenvalue weighted by atomic mass is 16.3. The van der Waals surface area contributed by atoms with E-state index in [1.807, 2.05) is 6.07 Å². The van der Waals surface area contributed by atoms with E-state index in [2.05, 4.69) is 5.32 Å². The van der Waals surface area contributed by atoms with Crippen LogP contribution in [0.2, 0.25) is 0 Å². The summed E-state index contributed by atoms with van der Waals surface area (Å²) in [5.74, 6) is 0. The molecule has 12 heavy (non-hydrogen) atoms. The Kier molecular flexibility index (Phi) is 2.02. The second kappa shape index (κ2) is 4.24. The molecule has 0 fully saturated rings. The molecule has 1 rings (SSSR count). The van der Waals surface area contributed by atoms with Crippen molar-refractivity contribution in [1.29, 1.82) is 0 Å². The first kappa shape index (κ1) is 5.73. The number of benzene rings is 1. The first-order valence-electron chi connectivity index (χ1n) is 5.41. The highest BCUT2D eigenvalue weighted by Gasteiger charge is 2.12. The Balaban J connectivity index is 2.65. The first-order chi connectivity index (χ1) is 6.90. The maximum Gasteiger partial charge on any atom is 0.0940 e. The van der Waals surface area contributed by atoms with Crippen molar-refractivity contribution in [1.82, 2.24) is 5.32 Å². The van der Waals surface area contributed by atoms with Crippen LogP contribution in [0.3, 0.4) is 0 Å². The van der Waals surface area contributed by atoms with Crippen molar-refractivity contribution in [2.75, 3.05) is 6.98 Å². The summed E-state index contributed by atoms with van der Waals surface area (Å²) in [6.07, 6.45) is -0.813. The van der Waals surface area contributed by atoms with E-state index in [0.29, 0.717) is 5.56 Å². The Hall–Kier alpha value is -0.860. The minimum atomic E-state index is -2.23. The van der Waals surface area contributed by atoms with Crippen molar-refractivity contribution in [2.45, 2.75) is 19.1 Å². The van der Waals surface area contributed by atoms with E-state index >= 15 is 0 Å². The summed E-state index contributed by atoms with van der Waals surface area (Å²) < 4.78 is 21.1. The molecule has 2 N–H and O–H groups in total. The summed E-state index contributed by atoms with van der Waals surface area (Å²) in [6, 6.07) is 8.48. The van der Waals surface area contributed by atoms with Crippen LogP contribution in [0.15, 0.2) is 30.3 Å². The molecule has 0 saturated carbocycles. The zero-order chi connectivity index (χ0) is 11.5. The molecule has 0 saturated heterocycles. The van der Waals surface area contributed by atoms with Crippen molar-refractivity contribution in [3.63, 3.8) is 0 Å². The van der Waals surface area contributed by atoms with Crippen LogP contribution in [0.1, 0.15) is 22.7 Å². The molecule has 0 unspecified atom stereocenters. The van der Waals surface area contributed by atoms with Crippen molar-refractivity contribution in [3.05, 3.63) is 35.9 Å². The van der Waals surface area contributed by atoms with Gasteiger partial charge in [-0.3, -0.25) is 0 Å². The molecule has 0 bridgehead atoms. The summed E-state index contributed by atoms with van der Waals surface area (Å²) >= 11 is 0. The highest BCUT2D eigenvalue weighted by molar-refractivity contribution is 5.18. The molecule has 1 aromatic rings. The Morgan fingerprint density at radius 1 is 1.42 bits per heavy atom. The van der Waals surface area contributed by atoms with E-state index in [4.69, 9.17) is 4.11 Å². The lowest BCUT2D eigenvalue weighted by molar-refractivity contribution is 0.140. The quantitative estimate of drug-likeness (QED) is 0.669. The maximum absolute atomic E-state index is 9.84. The standard InChI is InChI=1S/C10H15NO/c1-8(11-2)10(12)9-6-4-3-5-7-9/h3-8,10-12H,1-2H3/t8-,10+/m0/s1/i2+1D3. The topological polar surface area (TPSA) is 32.3 Å². The Labute approximate surface area is 77.5 Å². The molecule has 0 aliphatic heterocycles. The summed E-state index contributed by atoms with van der Waals surface area (Å²) in [4.78, 5) is 0. The lowest BCUT2D eigenvalue weighted by Gasteiger charge is -2.17. The van der Waals surface area contributed by atoms with Gasteiger partial charge in [-0.1, -0.05) is 30.3 Å². The minimum Gasteiger partial charge on any atom is -0.387 e.